The summed E-state index contributed by atoms with van der Waals surface area (Å²) in [4.78, 5) is 2.36. The smallest absolute Gasteiger partial charge is 0.0742 e. The number of piperidine rings is 1. The minimum absolute atomic E-state index is 0.101. The van der Waals surface area contributed by atoms with E-state index < -0.39 is 0 Å². The number of likely N-dealkylation sites (N-methyl/N-ethyl adjacent to an activating group) is 1. The molecule has 0 radical (unpaired) electrons. The highest BCUT2D eigenvalue weighted by atomic mass is 16.5. The molecule has 0 aromatic rings. The highest BCUT2D eigenvalue weighted by Gasteiger charge is 2.44. The Kier molecular flexibility index (Phi) is 2.10. The van der Waals surface area contributed by atoms with E-state index in [1.807, 2.05) is 0 Å². The number of aliphatic hydroxyl groups is 1. The first-order chi connectivity index (χ1) is 5.72. The first kappa shape index (κ1) is 8.48. The number of rotatable bonds is 1. The summed E-state index contributed by atoms with van der Waals surface area (Å²) in [7, 11) is 3.91. The van der Waals surface area contributed by atoms with Crippen LogP contribution in [0.25, 0.3) is 0 Å². The van der Waals surface area contributed by atoms with Gasteiger partial charge < -0.3 is 9.84 Å². The Morgan fingerprint density at radius 2 is 2.08 bits per heavy atom. The Morgan fingerprint density at radius 3 is 2.75 bits per heavy atom. The second-order valence-corrected chi connectivity index (χ2v) is 4.02. The monoisotopic (exact) mass is 171 g/mol. The Hall–Kier alpha value is -0.120. The summed E-state index contributed by atoms with van der Waals surface area (Å²) >= 11 is 0. The maximum Gasteiger partial charge on any atom is 0.0742 e. The molecular weight excluding hydrogens is 154 g/mol. The molecule has 2 bridgehead atoms. The van der Waals surface area contributed by atoms with E-state index in [9.17, 15) is 5.11 Å². The van der Waals surface area contributed by atoms with Crippen molar-refractivity contribution in [3.63, 3.8) is 0 Å². The van der Waals surface area contributed by atoms with Gasteiger partial charge in [0.25, 0.3) is 0 Å². The van der Waals surface area contributed by atoms with Crippen LogP contribution in [-0.4, -0.2) is 48.5 Å². The van der Waals surface area contributed by atoms with E-state index in [1.54, 1.807) is 7.11 Å². The standard InChI is InChI=1S/C9H17NO2/c1-10-6-3-7(11)5-8(10)9(4-6)12-2/h6-9,11H,3-5H2,1-2H3/t6-,7+,8?,9?/m0/s1. The number of methoxy groups -OCH3 is 1. The van der Waals surface area contributed by atoms with Gasteiger partial charge in [0.1, 0.15) is 0 Å². The van der Waals surface area contributed by atoms with Gasteiger partial charge in [-0.25, -0.2) is 0 Å². The van der Waals surface area contributed by atoms with Crippen molar-refractivity contribution >= 4 is 0 Å². The Morgan fingerprint density at radius 1 is 1.33 bits per heavy atom. The zero-order valence-electron chi connectivity index (χ0n) is 7.73. The lowest BCUT2D eigenvalue weighted by molar-refractivity contribution is 0.0151. The van der Waals surface area contributed by atoms with Crippen molar-refractivity contribution in [3.8, 4) is 0 Å². The second-order valence-electron chi connectivity index (χ2n) is 4.02. The van der Waals surface area contributed by atoms with Crippen LogP contribution >= 0.6 is 0 Å². The summed E-state index contributed by atoms with van der Waals surface area (Å²) in [5.41, 5.74) is 0. The van der Waals surface area contributed by atoms with Gasteiger partial charge in [0, 0.05) is 19.2 Å². The molecule has 2 saturated heterocycles. The Balaban J connectivity index is 2.11. The molecule has 3 heteroatoms. The molecule has 0 amide bonds. The van der Waals surface area contributed by atoms with Crippen LogP contribution in [0.3, 0.4) is 0 Å². The zero-order valence-corrected chi connectivity index (χ0v) is 7.73. The van der Waals surface area contributed by atoms with Crippen LogP contribution in [0.4, 0.5) is 0 Å². The minimum Gasteiger partial charge on any atom is -0.393 e. The van der Waals surface area contributed by atoms with Crippen LogP contribution in [0.5, 0.6) is 0 Å². The van der Waals surface area contributed by atoms with Crippen LogP contribution < -0.4 is 0 Å². The van der Waals surface area contributed by atoms with Crippen molar-refractivity contribution in [2.24, 2.45) is 0 Å². The lowest BCUT2D eigenvalue weighted by atomic mass is 10.0. The van der Waals surface area contributed by atoms with Gasteiger partial charge in [-0.05, 0) is 26.3 Å². The van der Waals surface area contributed by atoms with Crippen molar-refractivity contribution in [1.29, 1.82) is 0 Å². The van der Waals surface area contributed by atoms with Gasteiger partial charge in [-0.1, -0.05) is 0 Å². The van der Waals surface area contributed by atoms with Gasteiger partial charge in [-0.15, -0.1) is 0 Å². The van der Waals surface area contributed by atoms with E-state index in [1.165, 1.54) is 0 Å². The summed E-state index contributed by atoms with van der Waals surface area (Å²) < 4.78 is 5.39. The van der Waals surface area contributed by atoms with E-state index in [4.69, 9.17) is 4.74 Å². The van der Waals surface area contributed by atoms with E-state index in [-0.39, 0.29) is 6.10 Å². The molecule has 1 N–H and O–H groups in total. The summed E-state index contributed by atoms with van der Waals surface area (Å²) in [6.07, 6.45) is 3.14. The Bertz CT molecular complexity index is 174. The zero-order chi connectivity index (χ0) is 8.72. The highest BCUT2D eigenvalue weighted by Crippen LogP contribution is 2.35. The number of nitrogens with zero attached hydrogens (tertiary/aromatic N) is 1. The molecule has 0 spiro atoms. The molecule has 70 valence electrons. The van der Waals surface area contributed by atoms with Crippen molar-refractivity contribution < 1.29 is 9.84 Å². The van der Waals surface area contributed by atoms with Crippen molar-refractivity contribution in [1.82, 2.24) is 4.90 Å². The normalized spacial score (nSPS) is 48.2. The summed E-state index contributed by atoms with van der Waals surface area (Å²) in [5.74, 6) is 0. The molecule has 0 aromatic heterocycles. The molecule has 2 aliphatic heterocycles. The second kappa shape index (κ2) is 2.98. The number of hydrogen-bond donors (Lipinski definition) is 1. The quantitative estimate of drug-likeness (QED) is 0.613. The fraction of sp³-hybridized carbons (Fsp3) is 1.00. The lowest BCUT2D eigenvalue weighted by Gasteiger charge is -2.34. The van der Waals surface area contributed by atoms with E-state index in [2.05, 4.69) is 11.9 Å². The fourth-order valence-corrected chi connectivity index (χ4v) is 2.65. The maximum atomic E-state index is 9.54. The first-order valence-electron chi connectivity index (χ1n) is 4.65. The molecule has 3 nitrogen and oxygen atoms in total. The summed E-state index contributed by atoms with van der Waals surface area (Å²) in [6.45, 7) is 0. The molecule has 2 rings (SSSR count). The van der Waals surface area contributed by atoms with Crippen molar-refractivity contribution in [2.45, 2.75) is 43.6 Å². The average molecular weight is 171 g/mol. The van der Waals surface area contributed by atoms with Gasteiger partial charge in [0.2, 0.25) is 0 Å². The number of hydrogen-bond acceptors (Lipinski definition) is 3. The molecule has 2 fully saturated rings. The van der Waals surface area contributed by atoms with E-state index in [0.717, 1.165) is 19.3 Å². The van der Waals surface area contributed by atoms with Crippen LogP contribution in [0, 0.1) is 0 Å². The Labute approximate surface area is 73.3 Å². The van der Waals surface area contributed by atoms with Gasteiger partial charge in [-0.2, -0.15) is 0 Å². The van der Waals surface area contributed by atoms with Crippen molar-refractivity contribution in [3.05, 3.63) is 0 Å². The molecule has 0 aliphatic carbocycles. The number of ether oxygens (including phenoxy) is 1. The topological polar surface area (TPSA) is 32.7 Å². The van der Waals surface area contributed by atoms with Crippen LogP contribution in [0.1, 0.15) is 19.3 Å². The van der Waals surface area contributed by atoms with E-state index in [0.29, 0.717) is 18.2 Å². The van der Waals surface area contributed by atoms with Crippen LogP contribution in [-0.2, 0) is 4.74 Å². The largest absolute Gasteiger partial charge is 0.393 e. The highest BCUT2D eigenvalue weighted by molar-refractivity contribution is 4.99. The average Bonchev–Trinajstić information content (AvgIpc) is 2.27. The third-order valence-electron chi connectivity index (χ3n) is 3.39. The SMILES string of the molecule is COC1C[C@@H]2C[C@@H](O)CC1N2C. The first-order valence-corrected chi connectivity index (χ1v) is 4.65. The van der Waals surface area contributed by atoms with Crippen molar-refractivity contribution in [2.75, 3.05) is 14.2 Å². The fourth-order valence-electron chi connectivity index (χ4n) is 2.65. The van der Waals surface area contributed by atoms with Gasteiger partial charge in [0.05, 0.1) is 12.2 Å². The molecule has 0 aromatic carbocycles. The number of aliphatic hydroxyl groups excluding tert-OH is 1. The summed E-state index contributed by atoms with van der Waals surface area (Å²) in [5, 5.41) is 9.54. The predicted octanol–water partition coefficient (Wildman–Crippen LogP) is 0.229. The summed E-state index contributed by atoms with van der Waals surface area (Å²) in [6, 6.07) is 0.993. The van der Waals surface area contributed by atoms with Crippen LogP contribution in [0.15, 0.2) is 0 Å². The molecule has 2 heterocycles. The molecule has 2 unspecified atom stereocenters. The minimum atomic E-state index is -0.101. The molecule has 4 atom stereocenters. The molecule has 12 heavy (non-hydrogen) atoms. The molecular formula is C9H17NO2. The van der Waals surface area contributed by atoms with Gasteiger partial charge in [-0.3, -0.25) is 4.90 Å². The number of fused-ring (bicyclic) bond motifs is 2. The van der Waals surface area contributed by atoms with Crippen LogP contribution in [0.2, 0.25) is 0 Å². The lowest BCUT2D eigenvalue weighted by Crippen LogP contribution is -2.44. The maximum absolute atomic E-state index is 9.54. The van der Waals surface area contributed by atoms with E-state index >= 15 is 0 Å². The van der Waals surface area contributed by atoms with Gasteiger partial charge in [0.15, 0.2) is 0 Å². The van der Waals surface area contributed by atoms with Gasteiger partial charge >= 0.3 is 0 Å². The molecule has 0 saturated carbocycles. The molecule has 2 aliphatic rings. The predicted molar refractivity (Wildman–Crippen MR) is 46.0 cm³/mol. The third kappa shape index (κ3) is 1.16. The third-order valence-corrected chi connectivity index (χ3v) is 3.39.